The monoisotopic (exact) mass is 214 g/mol. The number of aliphatic carboxylic acids is 1. The summed E-state index contributed by atoms with van der Waals surface area (Å²) in [4.78, 5) is 21.5. The van der Waals surface area contributed by atoms with Crippen molar-refractivity contribution < 1.29 is 19.8 Å². The third-order valence-electron chi connectivity index (χ3n) is 1.80. The summed E-state index contributed by atoms with van der Waals surface area (Å²) < 4.78 is 0. The first-order valence-corrected chi connectivity index (χ1v) is 4.08. The Bertz CT molecular complexity index is 412. The van der Waals surface area contributed by atoms with E-state index in [-0.39, 0.29) is 21.9 Å². The van der Waals surface area contributed by atoms with Crippen LogP contribution in [0.3, 0.4) is 0 Å². The Morgan fingerprint density at radius 2 is 1.93 bits per heavy atom. The van der Waals surface area contributed by atoms with Crippen molar-refractivity contribution in [2.24, 2.45) is 0 Å². The van der Waals surface area contributed by atoms with Crippen LogP contribution in [0.2, 0.25) is 5.02 Å². The van der Waals surface area contributed by atoms with Crippen molar-refractivity contribution in [2.45, 2.75) is 6.92 Å². The van der Waals surface area contributed by atoms with Crippen molar-refractivity contribution in [3.63, 3.8) is 0 Å². The molecular formula is C9H7ClO4. The molecule has 1 aromatic rings. The number of hydrogen-bond donors (Lipinski definition) is 2. The first-order valence-electron chi connectivity index (χ1n) is 3.71. The zero-order valence-electron chi connectivity index (χ0n) is 7.24. The van der Waals surface area contributed by atoms with Gasteiger partial charge in [-0.2, -0.15) is 0 Å². The average molecular weight is 215 g/mol. The molecule has 0 amide bonds. The molecule has 0 atom stereocenters. The van der Waals surface area contributed by atoms with Gasteiger partial charge in [-0.25, -0.2) is 4.79 Å². The van der Waals surface area contributed by atoms with Gasteiger partial charge in [0.05, 0.1) is 5.56 Å². The number of carboxylic acid groups (broad SMARTS) is 1. The molecule has 0 aliphatic rings. The maximum Gasteiger partial charge on any atom is 0.377 e. The van der Waals surface area contributed by atoms with E-state index in [1.165, 1.54) is 19.1 Å². The van der Waals surface area contributed by atoms with E-state index in [1.807, 2.05) is 0 Å². The number of phenolic OH excluding ortho intramolecular Hbond substituents is 1. The van der Waals surface area contributed by atoms with Gasteiger partial charge in [0.1, 0.15) is 5.75 Å². The highest BCUT2D eigenvalue weighted by molar-refractivity contribution is 6.42. The molecule has 1 rings (SSSR count). The quantitative estimate of drug-likeness (QED) is 0.580. The van der Waals surface area contributed by atoms with Gasteiger partial charge in [0.15, 0.2) is 0 Å². The molecule has 0 heterocycles. The van der Waals surface area contributed by atoms with E-state index in [9.17, 15) is 14.7 Å². The molecule has 5 heteroatoms. The summed E-state index contributed by atoms with van der Waals surface area (Å²) in [5.74, 6) is -3.16. The van der Waals surface area contributed by atoms with Crippen LogP contribution >= 0.6 is 11.6 Å². The zero-order chi connectivity index (χ0) is 10.9. The number of carbonyl (C=O) groups excluding carboxylic acids is 1. The molecule has 1 aromatic carbocycles. The normalized spacial score (nSPS) is 9.86. The summed E-state index contributed by atoms with van der Waals surface area (Å²) in [6.07, 6.45) is 0. The summed E-state index contributed by atoms with van der Waals surface area (Å²) in [5.41, 5.74) is 0.00377. The molecule has 0 unspecified atom stereocenters. The first-order chi connectivity index (χ1) is 6.45. The molecule has 2 N–H and O–H groups in total. The predicted octanol–water partition coefficient (Wildman–Crippen LogP) is 1.62. The van der Waals surface area contributed by atoms with Crippen LogP contribution in [-0.4, -0.2) is 22.0 Å². The molecule has 0 saturated carbocycles. The number of halogens is 1. The fraction of sp³-hybridized carbons (Fsp3) is 0.111. The van der Waals surface area contributed by atoms with Gasteiger partial charge in [-0.15, -0.1) is 0 Å². The predicted molar refractivity (Wildman–Crippen MR) is 49.8 cm³/mol. The SMILES string of the molecule is Cc1c(Cl)ccc(O)c1C(=O)C(=O)O. The van der Waals surface area contributed by atoms with Crippen LogP contribution < -0.4 is 0 Å². The number of carboxylic acids is 1. The Morgan fingerprint density at radius 3 is 2.43 bits per heavy atom. The lowest BCUT2D eigenvalue weighted by Crippen LogP contribution is -2.14. The van der Waals surface area contributed by atoms with Crippen LogP contribution in [0.25, 0.3) is 0 Å². The lowest BCUT2D eigenvalue weighted by atomic mass is 10.0. The standard InChI is InChI=1S/C9H7ClO4/c1-4-5(10)2-3-6(11)7(4)8(12)9(13)14/h2-3,11H,1H3,(H,13,14). The fourth-order valence-corrected chi connectivity index (χ4v) is 1.22. The van der Waals surface area contributed by atoms with Gasteiger partial charge < -0.3 is 10.2 Å². The number of Topliss-reactive ketones (excluding diaryl/α,β-unsaturated/α-hetero) is 1. The third-order valence-corrected chi connectivity index (χ3v) is 2.21. The van der Waals surface area contributed by atoms with E-state index in [2.05, 4.69) is 0 Å². The number of carbonyl (C=O) groups is 2. The van der Waals surface area contributed by atoms with Gasteiger partial charge in [0, 0.05) is 5.02 Å². The molecular weight excluding hydrogens is 208 g/mol. The molecule has 74 valence electrons. The van der Waals surface area contributed by atoms with Gasteiger partial charge in [0.2, 0.25) is 0 Å². The summed E-state index contributed by atoms with van der Waals surface area (Å²) in [5, 5.41) is 18.0. The minimum atomic E-state index is -1.62. The smallest absolute Gasteiger partial charge is 0.377 e. The average Bonchev–Trinajstić information content (AvgIpc) is 2.12. The number of hydrogen-bond acceptors (Lipinski definition) is 3. The largest absolute Gasteiger partial charge is 0.507 e. The molecule has 0 bridgehead atoms. The summed E-state index contributed by atoms with van der Waals surface area (Å²) in [6, 6.07) is 2.58. The van der Waals surface area contributed by atoms with E-state index in [4.69, 9.17) is 16.7 Å². The van der Waals surface area contributed by atoms with E-state index >= 15 is 0 Å². The maximum absolute atomic E-state index is 11.1. The van der Waals surface area contributed by atoms with Crippen molar-refractivity contribution in [2.75, 3.05) is 0 Å². The molecule has 0 radical (unpaired) electrons. The summed E-state index contributed by atoms with van der Waals surface area (Å²) in [6.45, 7) is 1.47. The Labute approximate surface area is 84.7 Å². The highest BCUT2D eigenvalue weighted by atomic mass is 35.5. The summed E-state index contributed by atoms with van der Waals surface area (Å²) >= 11 is 5.68. The molecule has 0 spiro atoms. The number of benzene rings is 1. The zero-order valence-corrected chi connectivity index (χ0v) is 8.00. The van der Waals surface area contributed by atoms with Gasteiger partial charge in [-0.3, -0.25) is 4.79 Å². The molecule has 0 saturated heterocycles. The highest BCUT2D eigenvalue weighted by Crippen LogP contribution is 2.27. The number of rotatable bonds is 2. The Hall–Kier alpha value is -1.55. The molecule has 0 aromatic heterocycles. The minimum absolute atomic E-state index is 0.243. The van der Waals surface area contributed by atoms with Crippen LogP contribution in [0.15, 0.2) is 12.1 Å². The number of phenols is 1. The third kappa shape index (κ3) is 1.70. The lowest BCUT2D eigenvalue weighted by molar-refractivity contribution is -0.131. The van der Waals surface area contributed by atoms with Gasteiger partial charge >= 0.3 is 5.97 Å². The van der Waals surface area contributed by atoms with Crippen LogP contribution in [0, 0.1) is 6.92 Å². The molecule has 0 aliphatic heterocycles. The van der Waals surface area contributed by atoms with Crippen molar-refractivity contribution >= 4 is 23.4 Å². The lowest BCUT2D eigenvalue weighted by Gasteiger charge is -2.05. The van der Waals surface area contributed by atoms with Crippen molar-refractivity contribution in [3.05, 3.63) is 28.3 Å². The molecule has 0 aliphatic carbocycles. The maximum atomic E-state index is 11.1. The van der Waals surface area contributed by atoms with E-state index in [0.717, 1.165) is 0 Å². The Balaban J connectivity index is 3.40. The van der Waals surface area contributed by atoms with Gasteiger partial charge in [-0.1, -0.05) is 11.6 Å². The first kappa shape index (κ1) is 10.5. The molecule has 14 heavy (non-hydrogen) atoms. The highest BCUT2D eigenvalue weighted by Gasteiger charge is 2.22. The van der Waals surface area contributed by atoms with E-state index in [0.29, 0.717) is 0 Å². The van der Waals surface area contributed by atoms with E-state index in [1.54, 1.807) is 0 Å². The van der Waals surface area contributed by atoms with E-state index < -0.39 is 11.8 Å². The van der Waals surface area contributed by atoms with Crippen LogP contribution in [0.1, 0.15) is 15.9 Å². The topological polar surface area (TPSA) is 74.6 Å². The Kier molecular flexibility index (Phi) is 2.76. The van der Waals surface area contributed by atoms with Crippen molar-refractivity contribution in [3.8, 4) is 5.75 Å². The summed E-state index contributed by atoms with van der Waals surface area (Å²) in [7, 11) is 0. The van der Waals surface area contributed by atoms with Crippen LogP contribution in [0.4, 0.5) is 0 Å². The van der Waals surface area contributed by atoms with Gasteiger partial charge in [-0.05, 0) is 24.6 Å². The fourth-order valence-electron chi connectivity index (χ4n) is 1.07. The molecule has 4 nitrogen and oxygen atoms in total. The van der Waals surface area contributed by atoms with Crippen LogP contribution in [0.5, 0.6) is 5.75 Å². The second kappa shape index (κ2) is 3.67. The number of ketones is 1. The van der Waals surface area contributed by atoms with Crippen molar-refractivity contribution in [1.82, 2.24) is 0 Å². The Morgan fingerprint density at radius 1 is 1.36 bits per heavy atom. The molecule has 0 fully saturated rings. The minimum Gasteiger partial charge on any atom is -0.507 e. The second-order valence-electron chi connectivity index (χ2n) is 2.70. The van der Waals surface area contributed by atoms with Crippen molar-refractivity contribution in [1.29, 1.82) is 0 Å². The second-order valence-corrected chi connectivity index (χ2v) is 3.11. The van der Waals surface area contributed by atoms with Gasteiger partial charge in [0.25, 0.3) is 5.78 Å². The number of aromatic hydroxyl groups is 1. The van der Waals surface area contributed by atoms with Crippen LogP contribution in [-0.2, 0) is 4.79 Å².